The molecule has 0 bridgehead atoms. The van der Waals surface area contributed by atoms with Crippen LogP contribution in [0, 0.1) is 0 Å². The molecule has 0 amide bonds. The van der Waals surface area contributed by atoms with Gasteiger partial charge in [-0.15, -0.1) is 13.2 Å². The van der Waals surface area contributed by atoms with Gasteiger partial charge in [-0.05, 0) is 6.42 Å². The number of carbonyl (C=O) groups is 1. The fourth-order valence-corrected chi connectivity index (χ4v) is 0.578. The molecule has 0 aliphatic rings. The molecular formula is C10H14O2. The molecule has 0 heterocycles. The van der Waals surface area contributed by atoms with Gasteiger partial charge in [-0.3, -0.25) is 4.79 Å². The molecule has 0 spiro atoms. The topological polar surface area (TPSA) is 26.3 Å². The second-order valence-electron chi connectivity index (χ2n) is 2.17. The smallest absolute Gasteiger partial charge is 0.309 e. The van der Waals surface area contributed by atoms with E-state index in [2.05, 4.69) is 13.2 Å². The normalized spacial score (nSPS) is 9.67. The standard InChI is InChI=1S/C10H14O2/c1-3-5-6-7-9-12-10(11)8-4-2/h3-4,6-7H,1-2,5,8-9H2. The Balaban J connectivity index is 3.35. The first-order valence-electron chi connectivity index (χ1n) is 3.83. The Hall–Kier alpha value is -1.31. The van der Waals surface area contributed by atoms with Gasteiger partial charge in [0.2, 0.25) is 0 Å². The van der Waals surface area contributed by atoms with Crippen LogP contribution in [0.3, 0.4) is 0 Å². The highest BCUT2D eigenvalue weighted by Gasteiger charge is 1.94. The Bertz CT molecular complexity index is 180. The summed E-state index contributed by atoms with van der Waals surface area (Å²) < 4.78 is 4.80. The van der Waals surface area contributed by atoms with Crippen LogP contribution in [0.5, 0.6) is 0 Å². The molecule has 0 aliphatic heterocycles. The number of hydrogen-bond acceptors (Lipinski definition) is 2. The van der Waals surface area contributed by atoms with Crippen molar-refractivity contribution in [2.45, 2.75) is 12.8 Å². The molecule has 0 saturated heterocycles. The van der Waals surface area contributed by atoms with Gasteiger partial charge in [0.25, 0.3) is 0 Å². The van der Waals surface area contributed by atoms with Crippen molar-refractivity contribution in [1.29, 1.82) is 0 Å². The molecule has 0 aromatic rings. The Kier molecular flexibility index (Phi) is 6.94. The highest BCUT2D eigenvalue weighted by molar-refractivity contribution is 5.71. The molecule has 0 aliphatic carbocycles. The van der Waals surface area contributed by atoms with Crippen LogP contribution in [-0.4, -0.2) is 12.6 Å². The molecule has 66 valence electrons. The van der Waals surface area contributed by atoms with Crippen LogP contribution in [-0.2, 0) is 9.53 Å². The molecule has 0 aromatic heterocycles. The second-order valence-corrected chi connectivity index (χ2v) is 2.17. The van der Waals surface area contributed by atoms with Gasteiger partial charge in [-0.2, -0.15) is 0 Å². The predicted octanol–water partition coefficient (Wildman–Crippen LogP) is 2.24. The van der Waals surface area contributed by atoms with Gasteiger partial charge in [-0.1, -0.05) is 24.3 Å². The van der Waals surface area contributed by atoms with Crippen molar-refractivity contribution in [2.75, 3.05) is 6.61 Å². The van der Waals surface area contributed by atoms with Crippen molar-refractivity contribution in [3.8, 4) is 0 Å². The zero-order chi connectivity index (χ0) is 9.23. The number of allylic oxidation sites excluding steroid dienone is 2. The number of esters is 1. The van der Waals surface area contributed by atoms with Crippen LogP contribution in [0.15, 0.2) is 37.5 Å². The van der Waals surface area contributed by atoms with Crippen molar-refractivity contribution in [2.24, 2.45) is 0 Å². The van der Waals surface area contributed by atoms with E-state index in [4.69, 9.17) is 4.74 Å². The molecule has 0 N–H and O–H groups in total. The average molecular weight is 166 g/mol. The zero-order valence-electron chi connectivity index (χ0n) is 7.16. The van der Waals surface area contributed by atoms with Crippen molar-refractivity contribution < 1.29 is 9.53 Å². The third-order valence-corrected chi connectivity index (χ3v) is 1.12. The maximum Gasteiger partial charge on any atom is 0.309 e. The van der Waals surface area contributed by atoms with Crippen LogP contribution in [0.2, 0.25) is 0 Å². The van der Waals surface area contributed by atoms with Crippen molar-refractivity contribution in [3.05, 3.63) is 37.5 Å². The first-order chi connectivity index (χ1) is 5.81. The molecule has 0 rings (SSSR count). The minimum Gasteiger partial charge on any atom is -0.461 e. The number of rotatable bonds is 6. The van der Waals surface area contributed by atoms with Crippen LogP contribution < -0.4 is 0 Å². The monoisotopic (exact) mass is 166 g/mol. The lowest BCUT2D eigenvalue weighted by molar-refractivity contribution is -0.141. The molecule has 0 radical (unpaired) electrons. The summed E-state index contributed by atoms with van der Waals surface area (Å²) in [6.07, 6.45) is 8.07. The van der Waals surface area contributed by atoms with Gasteiger partial charge in [-0.25, -0.2) is 0 Å². The highest BCUT2D eigenvalue weighted by atomic mass is 16.5. The molecule has 0 aromatic carbocycles. The van der Waals surface area contributed by atoms with Gasteiger partial charge in [0.05, 0.1) is 6.42 Å². The summed E-state index contributed by atoms with van der Waals surface area (Å²) in [5.41, 5.74) is 0. The van der Waals surface area contributed by atoms with E-state index in [9.17, 15) is 4.79 Å². The SMILES string of the molecule is C=CCC=CCOC(=O)CC=C. The lowest BCUT2D eigenvalue weighted by Gasteiger charge is -1.96. The van der Waals surface area contributed by atoms with Gasteiger partial charge >= 0.3 is 5.97 Å². The van der Waals surface area contributed by atoms with Crippen LogP contribution in [0.25, 0.3) is 0 Å². The summed E-state index contributed by atoms with van der Waals surface area (Å²) in [5, 5.41) is 0. The van der Waals surface area contributed by atoms with E-state index >= 15 is 0 Å². The Labute approximate surface area is 73.2 Å². The maximum absolute atomic E-state index is 10.7. The van der Waals surface area contributed by atoms with Crippen molar-refractivity contribution in [3.63, 3.8) is 0 Å². The quantitative estimate of drug-likeness (QED) is 0.447. The maximum atomic E-state index is 10.7. The fourth-order valence-electron chi connectivity index (χ4n) is 0.578. The van der Waals surface area contributed by atoms with Crippen molar-refractivity contribution in [1.82, 2.24) is 0 Å². The van der Waals surface area contributed by atoms with Crippen LogP contribution in [0.1, 0.15) is 12.8 Å². The average Bonchev–Trinajstić information content (AvgIpc) is 2.05. The van der Waals surface area contributed by atoms with E-state index in [0.29, 0.717) is 6.61 Å². The van der Waals surface area contributed by atoms with Crippen molar-refractivity contribution >= 4 is 5.97 Å². The second kappa shape index (κ2) is 7.79. The number of carbonyl (C=O) groups excluding carboxylic acids is 1. The van der Waals surface area contributed by atoms with Gasteiger partial charge in [0, 0.05) is 0 Å². The molecule has 0 fully saturated rings. The van der Waals surface area contributed by atoms with E-state index in [1.165, 1.54) is 6.08 Å². The first kappa shape index (κ1) is 10.7. The number of ether oxygens (including phenoxy) is 1. The van der Waals surface area contributed by atoms with E-state index in [-0.39, 0.29) is 12.4 Å². The van der Waals surface area contributed by atoms with E-state index in [1.807, 2.05) is 6.08 Å². The van der Waals surface area contributed by atoms with E-state index < -0.39 is 0 Å². The zero-order valence-corrected chi connectivity index (χ0v) is 7.16. The summed E-state index contributed by atoms with van der Waals surface area (Å²) in [5.74, 6) is -0.242. The van der Waals surface area contributed by atoms with Crippen LogP contribution >= 0.6 is 0 Å². The summed E-state index contributed by atoms with van der Waals surface area (Å²) in [7, 11) is 0. The predicted molar refractivity (Wildman–Crippen MR) is 49.7 cm³/mol. The minimum absolute atomic E-state index is 0.242. The Morgan fingerprint density at radius 2 is 2.00 bits per heavy atom. The minimum atomic E-state index is -0.242. The molecule has 0 atom stereocenters. The van der Waals surface area contributed by atoms with Gasteiger partial charge in [0.15, 0.2) is 0 Å². The summed E-state index contributed by atoms with van der Waals surface area (Å²) in [6.45, 7) is 7.31. The molecule has 12 heavy (non-hydrogen) atoms. The third-order valence-electron chi connectivity index (χ3n) is 1.12. The molecular weight excluding hydrogens is 152 g/mol. The largest absolute Gasteiger partial charge is 0.461 e. The van der Waals surface area contributed by atoms with E-state index in [1.54, 1.807) is 12.2 Å². The summed E-state index contributed by atoms with van der Waals surface area (Å²) in [6, 6.07) is 0. The fraction of sp³-hybridized carbons (Fsp3) is 0.300. The van der Waals surface area contributed by atoms with E-state index in [0.717, 1.165) is 6.42 Å². The first-order valence-corrected chi connectivity index (χ1v) is 3.83. The molecule has 0 unspecified atom stereocenters. The van der Waals surface area contributed by atoms with Crippen LogP contribution in [0.4, 0.5) is 0 Å². The Morgan fingerprint density at radius 3 is 2.58 bits per heavy atom. The number of hydrogen-bond donors (Lipinski definition) is 0. The third kappa shape index (κ3) is 6.81. The highest BCUT2D eigenvalue weighted by Crippen LogP contribution is 1.88. The lowest BCUT2D eigenvalue weighted by Crippen LogP contribution is -2.01. The Morgan fingerprint density at radius 1 is 1.25 bits per heavy atom. The summed E-state index contributed by atoms with van der Waals surface area (Å²) >= 11 is 0. The molecule has 0 saturated carbocycles. The lowest BCUT2D eigenvalue weighted by atomic mass is 10.4. The van der Waals surface area contributed by atoms with Gasteiger partial charge < -0.3 is 4.74 Å². The summed E-state index contributed by atoms with van der Waals surface area (Å²) in [4.78, 5) is 10.7. The molecule has 2 heteroatoms. The molecule has 2 nitrogen and oxygen atoms in total. The van der Waals surface area contributed by atoms with Gasteiger partial charge in [0.1, 0.15) is 6.61 Å².